The SMILES string of the molecule is CCN(CC)S(=O)(=O)c1cc2c(SCC(=O)[O-])c3cc(OC)ccc3nc2cc1Cl. The molecule has 0 bridgehead atoms. The minimum Gasteiger partial charge on any atom is -0.549 e. The summed E-state index contributed by atoms with van der Waals surface area (Å²) in [4.78, 5) is 16.2. The van der Waals surface area contributed by atoms with Crippen molar-refractivity contribution < 1.29 is 23.1 Å². The molecule has 10 heteroatoms. The van der Waals surface area contributed by atoms with Crippen LogP contribution in [0.1, 0.15) is 13.8 Å². The highest BCUT2D eigenvalue weighted by atomic mass is 35.5. The summed E-state index contributed by atoms with van der Waals surface area (Å²) in [5.41, 5.74) is 1.08. The van der Waals surface area contributed by atoms with Crippen LogP contribution in [-0.2, 0) is 14.8 Å². The molecule has 0 fully saturated rings. The van der Waals surface area contributed by atoms with Gasteiger partial charge in [0.25, 0.3) is 0 Å². The Labute approximate surface area is 184 Å². The van der Waals surface area contributed by atoms with Crippen LogP contribution >= 0.6 is 23.4 Å². The number of aliphatic carboxylic acids is 1. The maximum atomic E-state index is 13.1. The number of hydrogen-bond donors (Lipinski definition) is 0. The van der Waals surface area contributed by atoms with Gasteiger partial charge in [0.15, 0.2) is 0 Å². The molecule has 0 saturated heterocycles. The Hall–Kier alpha value is -2.07. The zero-order valence-electron chi connectivity index (χ0n) is 16.6. The molecule has 0 N–H and O–H groups in total. The highest BCUT2D eigenvalue weighted by Gasteiger charge is 2.26. The minimum absolute atomic E-state index is 0.0419. The van der Waals surface area contributed by atoms with E-state index in [1.54, 1.807) is 32.0 Å². The second kappa shape index (κ2) is 8.97. The summed E-state index contributed by atoms with van der Waals surface area (Å²) < 4.78 is 32.8. The fraction of sp³-hybridized carbons (Fsp3) is 0.300. The monoisotopic (exact) mass is 467 g/mol. The van der Waals surface area contributed by atoms with Gasteiger partial charge in [-0.05, 0) is 30.3 Å². The maximum absolute atomic E-state index is 13.1. The number of sulfonamides is 1. The van der Waals surface area contributed by atoms with Crippen molar-refractivity contribution in [1.29, 1.82) is 0 Å². The lowest BCUT2D eigenvalue weighted by molar-refractivity contribution is -0.301. The van der Waals surface area contributed by atoms with Crippen LogP contribution in [0.15, 0.2) is 40.1 Å². The van der Waals surface area contributed by atoms with Gasteiger partial charge in [0.05, 0.1) is 29.1 Å². The summed E-state index contributed by atoms with van der Waals surface area (Å²) in [6, 6.07) is 8.21. The fourth-order valence-electron chi connectivity index (χ4n) is 3.20. The number of halogens is 1. The normalized spacial score (nSPS) is 12.0. The van der Waals surface area contributed by atoms with Crippen LogP contribution in [0.3, 0.4) is 0 Å². The first-order valence-electron chi connectivity index (χ1n) is 9.16. The van der Waals surface area contributed by atoms with Crippen molar-refractivity contribution in [3.63, 3.8) is 0 Å². The molecule has 0 aliphatic heterocycles. The predicted molar refractivity (Wildman–Crippen MR) is 117 cm³/mol. The van der Waals surface area contributed by atoms with E-state index in [0.717, 1.165) is 11.8 Å². The number of benzene rings is 2. The quantitative estimate of drug-likeness (QED) is 0.371. The summed E-state index contributed by atoms with van der Waals surface area (Å²) in [5, 5.41) is 12.3. The highest BCUT2D eigenvalue weighted by Crippen LogP contribution is 2.39. The van der Waals surface area contributed by atoms with Crippen LogP contribution in [-0.4, -0.2) is 49.6 Å². The van der Waals surface area contributed by atoms with Crippen LogP contribution in [0.25, 0.3) is 21.8 Å². The van der Waals surface area contributed by atoms with E-state index in [-0.39, 0.29) is 15.7 Å². The van der Waals surface area contributed by atoms with Gasteiger partial charge in [0.2, 0.25) is 10.0 Å². The van der Waals surface area contributed by atoms with Crippen LogP contribution in [0, 0.1) is 0 Å². The third-order valence-electron chi connectivity index (χ3n) is 4.64. The molecule has 1 aromatic heterocycles. The summed E-state index contributed by atoms with van der Waals surface area (Å²) in [7, 11) is -2.30. The maximum Gasteiger partial charge on any atom is 0.244 e. The largest absolute Gasteiger partial charge is 0.549 e. The zero-order valence-corrected chi connectivity index (χ0v) is 19.0. The van der Waals surface area contributed by atoms with Gasteiger partial charge in [0, 0.05) is 34.5 Å². The molecule has 3 aromatic rings. The molecule has 160 valence electrons. The third kappa shape index (κ3) is 4.20. The van der Waals surface area contributed by atoms with Gasteiger partial charge in [-0.1, -0.05) is 25.4 Å². The van der Waals surface area contributed by atoms with Crippen molar-refractivity contribution in [1.82, 2.24) is 9.29 Å². The fourth-order valence-corrected chi connectivity index (χ4v) is 6.08. The standard InChI is InChI=1S/C20H21ClN2O5S2/c1-4-23(5-2)30(26,27)18-9-14-17(10-15(18)21)22-16-7-6-12(28-3)8-13(16)20(14)29-11-19(24)25/h6-10H,4-5,11H2,1-3H3,(H,24,25)/p-1. The Balaban J connectivity index is 2.37. The second-order valence-corrected chi connectivity index (χ2v) is 9.67. The molecule has 0 aliphatic carbocycles. The average molecular weight is 468 g/mol. The number of carbonyl (C=O) groups is 1. The Kier molecular flexibility index (Phi) is 6.76. The lowest BCUT2D eigenvalue weighted by atomic mass is 10.1. The molecule has 0 saturated carbocycles. The van der Waals surface area contributed by atoms with Crippen molar-refractivity contribution in [2.45, 2.75) is 23.6 Å². The lowest BCUT2D eigenvalue weighted by Crippen LogP contribution is -2.30. The van der Waals surface area contributed by atoms with Crippen LogP contribution in [0.5, 0.6) is 5.75 Å². The van der Waals surface area contributed by atoms with Crippen molar-refractivity contribution in [3.8, 4) is 5.75 Å². The Bertz CT molecular complexity index is 1230. The Morgan fingerprint density at radius 1 is 1.17 bits per heavy atom. The van der Waals surface area contributed by atoms with E-state index in [9.17, 15) is 18.3 Å². The molecule has 2 aromatic carbocycles. The molecular formula is C20H20ClN2O5S2-. The molecular weight excluding hydrogens is 448 g/mol. The minimum atomic E-state index is -3.83. The molecule has 7 nitrogen and oxygen atoms in total. The first-order chi connectivity index (χ1) is 14.2. The average Bonchev–Trinajstić information content (AvgIpc) is 2.70. The molecule has 0 spiro atoms. The summed E-state index contributed by atoms with van der Waals surface area (Å²) in [5.74, 6) is -0.957. The molecule has 3 rings (SSSR count). The summed E-state index contributed by atoms with van der Waals surface area (Å²) in [6.45, 7) is 4.09. The van der Waals surface area contributed by atoms with Crippen LogP contribution in [0.2, 0.25) is 5.02 Å². The van der Waals surface area contributed by atoms with Crippen molar-refractivity contribution in [3.05, 3.63) is 35.4 Å². The smallest absolute Gasteiger partial charge is 0.244 e. The third-order valence-corrected chi connectivity index (χ3v) is 8.26. The van der Waals surface area contributed by atoms with Gasteiger partial charge >= 0.3 is 0 Å². The number of methoxy groups -OCH3 is 1. The van der Waals surface area contributed by atoms with Crippen molar-refractivity contribution in [2.24, 2.45) is 0 Å². The number of pyridine rings is 1. The second-order valence-electron chi connectivity index (χ2n) is 6.37. The number of hydrogen-bond acceptors (Lipinski definition) is 7. The highest BCUT2D eigenvalue weighted by molar-refractivity contribution is 8.00. The van der Waals surface area contributed by atoms with Gasteiger partial charge in [-0.25, -0.2) is 13.4 Å². The molecule has 0 unspecified atom stereocenters. The Morgan fingerprint density at radius 2 is 1.83 bits per heavy atom. The lowest BCUT2D eigenvalue weighted by Gasteiger charge is -2.20. The molecule has 0 radical (unpaired) electrons. The number of ether oxygens (including phenoxy) is 1. The van der Waals surface area contributed by atoms with Gasteiger partial charge in [0.1, 0.15) is 10.6 Å². The number of carbonyl (C=O) groups excluding carboxylic acids is 1. The van der Waals surface area contributed by atoms with E-state index >= 15 is 0 Å². The van der Waals surface area contributed by atoms with Crippen molar-refractivity contribution >= 4 is 61.2 Å². The molecule has 1 heterocycles. The van der Waals surface area contributed by atoms with Gasteiger partial charge < -0.3 is 14.6 Å². The molecule has 0 aliphatic rings. The number of fused-ring (bicyclic) bond motifs is 2. The molecule has 0 atom stereocenters. The van der Waals surface area contributed by atoms with Crippen LogP contribution in [0.4, 0.5) is 0 Å². The van der Waals surface area contributed by atoms with E-state index in [2.05, 4.69) is 4.98 Å². The number of rotatable bonds is 8. The van der Waals surface area contributed by atoms with Crippen LogP contribution < -0.4 is 9.84 Å². The van der Waals surface area contributed by atoms with Gasteiger partial charge in [-0.2, -0.15) is 4.31 Å². The van der Waals surface area contributed by atoms with Gasteiger partial charge in [-0.15, -0.1) is 11.8 Å². The molecule has 30 heavy (non-hydrogen) atoms. The van der Waals surface area contributed by atoms with E-state index in [4.69, 9.17) is 16.3 Å². The van der Waals surface area contributed by atoms with E-state index in [1.165, 1.54) is 23.5 Å². The Morgan fingerprint density at radius 3 is 2.43 bits per heavy atom. The first-order valence-corrected chi connectivity index (χ1v) is 12.0. The number of carboxylic acid groups (broad SMARTS) is 1. The van der Waals surface area contributed by atoms with E-state index in [0.29, 0.717) is 45.5 Å². The number of aromatic nitrogens is 1. The zero-order chi connectivity index (χ0) is 22.1. The first kappa shape index (κ1) is 22.6. The van der Waals surface area contributed by atoms with E-state index in [1.807, 2.05) is 0 Å². The topological polar surface area (TPSA) is 99.6 Å². The summed E-state index contributed by atoms with van der Waals surface area (Å²) in [6.07, 6.45) is 0. The number of carboxylic acids is 1. The number of thioether (sulfide) groups is 1. The van der Waals surface area contributed by atoms with Crippen molar-refractivity contribution in [2.75, 3.05) is 26.0 Å². The summed E-state index contributed by atoms with van der Waals surface area (Å²) >= 11 is 7.39. The number of nitrogens with zero attached hydrogens (tertiary/aromatic N) is 2. The molecule has 0 amide bonds. The van der Waals surface area contributed by atoms with E-state index < -0.39 is 16.0 Å². The van der Waals surface area contributed by atoms with Gasteiger partial charge in [-0.3, -0.25) is 0 Å². The predicted octanol–water partition coefficient (Wildman–Crippen LogP) is 2.92.